The van der Waals surface area contributed by atoms with Gasteiger partial charge in [0.05, 0.1) is 12.1 Å². The minimum Gasteiger partial charge on any atom is -0.478 e. The van der Waals surface area contributed by atoms with Crippen molar-refractivity contribution in [3.05, 3.63) is 58.8 Å². The van der Waals surface area contributed by atoms with Gasteiger partial charge in [-0.2, -0.15) is 0 Å². The molecular weight excluding hydrogens is 380 g/mol. The molecule has 2 N–H and O–H groups in total. The zero-order chi connectivity index (χ0) is 21.7. The first kappa shape index (κ1) is 21.5. The number of likely N-dealkylation sites (N-methyl/N-ethyl adjacent to an activating group) is 1. The highest BCUT2D eigenvalue weighted by Crippen LogP contribution is 2.13. The molecule has 0 spiro atoms. The summed E-state index contributed by atoms with van der Waals surface area (Å²) in [6, 6.07) is 8.86. The lowest BCUT2D eigenvalue weighted by Gasteiger charge is -2.19. The Morgan fingerprint density at radius 2 is 2.07 bits per heavy atom. The van der Waals surface area contributed by atoms with Crippen LogP contribution in [0.15, 0.2) is 36.5 Å². The first-order valence-corrected chi connectivity index (χ1v) is 9.82. The maximum absolute atomic E-state index is 12.3. The highest BCUT2D eigenvalue weighted by molar-refractivity contribution is 5.91. The summed E-state index contributed by atoms with van der Waals surface area (Å²) in [5.41, 5.74) is 2.45. The van der Waals surface area contributed by atoms with Gasteiger partial charge in [-0.3, -0.25) is 9.69 Å². The zero-order valence-electron chi connectivity index (χ0n) is 17.5. The number of hydrogen-bond acceptors (Lipinski definition) is 5. The quantitative estimate of drug-likeness (QED) is 0.740. The van der Waals surface area contributed by atoms with Gasteiger partial charge in [0, 0.05) is 36.5 Å². The van der Waals surface area contributed by atoms with Crippen LogP contribution < -0.4 is 5.32 Å². The highest BCUT2D eigenvalue weighted by atomic mass is 16.4. The second-order valence-electron chi connectivity index (χ2n) is 7.71. The molecule has 2 aromatic rings. The number of nitrogens with zero attached hydrogens (tertiary/aromatic N) is 3. The summed E-state index contributed by atoms with van der Waals surface area (Å²) in [4.78, 5) is 32.0. The lowest BCUT2D eigenvalue weighted by molar-refractivity contribution is -0.117. The van der Waals surface area contributed by atoms with E-state index in [0.717, 1.165) is 25.1 Å². The van der Waals surface area contributed by atoms with Crippen molar-refractivity contribution in [3.63, 3.8) is 0 Å². The molecule has 1 aromatic heterocycles. The summed E-state index contributed by atoms with van der Waals surface area (Å²) in [5.74, 6) is 5.41. The number of carbonyl (C=O) groups excluding carboxylic acids is 1. The van der Waals surface area contributed by atoms with Gasteiger partial charge in [-0.25, -0.2) is 9.78 Å². The van der Waals surface area contributed by atoms with Gasteiger partial charge < -0.3 is 15.3 Å². The molecule has 0 radical (unpaired) electrons. The van der Waals surface area contributed by atoms with Crippen molar-refractivity contribution in [2.75, 3.05) is 39.0 Å². The van der Waals surface area contributed by atoms with Gasteiger partial charge in [-0.15, -0.1) is 0 Å². The zero-order valence-corrected chi connectivity index (χ0v) is 17.5. The second-order valence-corrected chi connectivity index (χ2v) is 7.71. The van der Waals surface area contributed by atoms with E-state index in [9.17, 15) is 9.59 Å². The molecule has 1 amide bonds. The van der Waals surface area contributed by atoms with Crippen molar-refractivity contribution in [1.82, 2.24) is 14.8 Å². The Morgan fingerprint density at radius 1 is 1.27 bits per heavy atom. The largest absolute Gasteiger partial charge is 0.478 e. The molecule has 1 unspecified atom stereocenters. The van der Waals surface area contributed by atoms with Crippen molar-refractivity contribution in [2.24, 2.45) is 0 Å². The molecule has 3 rings (SSSR count). The lowest BCUT2D eigenvalue weighted by atomic mass is 10.1. The number of carboxylic acids is 1. The predicted molar refractivity (Wildman–Crippen MR) is 116 cm³/mol. The molecule has 1 aromatic carbocycles. The van der Waals surface area contributed by atoms with Gasteiger partial charge in [0.2, 0.25) is 5.91 Å². The first-order valence-electron chi connectivity index (χ1n) is 9.82. The van der Waals surface area contributed by atoms with Gasteiger partial charge in [0.25, 0.3) is 0 Å². The van der Waals surface area contributed by atoms with Crippen LogP contribution in [0.3, 0.4) is 0 Å². The van der Waals surface area contributed by atoms with E-state index in [0.29, 0.717) is 29.5 Å². The van der Waals surface area contributed by atoms with Crippen LogP contribution in [0.4, 0.5) is 5.82 Å². The molecule has 1 fully saturated rings. The molecule has 1 atom stereocenters. The highest BCUT2D eigenvalue weighted by Gasteiger charge is 2.25. The van der Waals surface area contributed by atoms with Gasteiger partial charge in [-0.05, 0) is 57.3 Å². The average Bonchev–Trinajstić information content (AvgIpc) is 3.17. The number of likely N-dealkylation sites (tertiary alicyclic amines) is 1. The first-order chi connectivity index (χ1) is 14.3. The summed E-state index contributed by atoms with van der Waals surface area (Å²) in [5, 5.41) is 11.9. The summed E-state index contributed by atoms with van der Waals surface area (Å²) in [7, 11) is 4.12. The summed E-state index contributed by atoms with van der Waals surface area (Å²) >= 11 is 0. The fourth-order valence-corrected chi connectivity index (χ4v) is 3.33. The van der Waals surface area contributed by atoms with E-state index in [1.54, 1.807) is 36.5 Å². The van der Waals surface area contributed by atoms with Crippen molar-refractivity contribution < 1.29 is 14.7 Å². The van der Waals surface area contributed by atoms with Crippen LogP contribution in [0.1, 0.15) is 33.5 Å². The van der Waals surface area contributed by atoms with Crippen LogP contribution in [-0.4, -0.2) is 71.5 Å². The van der Waals surface area contributed by atoms with Crippen LogP contribution >= 0.6 is 0 Å². The topological polar surface area (TPSA) is 85.8 Å². The number of amides is 1. The Morgan fingerprint density at radius 3 is 2.70 bits per heavy atom. The number of aromatic carboxylic acids is 1. The van der Waals surface area contributed by atoms with E-state index >= 15 is 0 Å². The minimum atomic E-state index is -0.981. The van der Waals surface area contributed by atoms with Gasteiger partial charge in [0.1, 0.15) is 5.82 Å². The molecule has 30 heavy (non-hydrogen) atoms. The van der Waals surface area contributed by atoms with Crippen LogP contribution in [0.2, 0.25) is 0 Å². The molecule has 0 bridgehead atoms. The molecule has 1 saturated heterocycles. The van der Waals surface area contributed by atoms with Crippen LogP contribution in [0, 0.1) is 18.8 Å². The molecule has 7 heteroatoms. The Labute approximate surface area is 176 Å². The third kappa shape index (κ3) is 5.66. The smallest absolute Gasteiger partial charge is 0.335 e. The van der Waals surface area contributed by atoms with E-state index in [2.05, 4.69) is 46.0 Å². The van der Waals surface area contributed by atoms with E-state index in [4.69, 9.17) is 5.11 Å². The molecule has 1 aliphatic heterocycles. The van der Waals surface area contributed by atoms with Gasteiger partial charge in [-0.1, -0.05) is 17.9 Å². The van der Waals surface area contributed by atoms with Crippen LogP contribution in [-0.2, 0) is 4.79 Å². The number of aryl methyl sites for hydroxylation is 1. The third-order valence-corrected chi connectivity index (χ3v) is 5.20. The molecule has 156 valence electrons. The van der Waals surface area contributed by atoms with Gasteiger partial charge in [0.15, 0.2) is 0 Å². The summed E-state index contributed by atoms with van der Waals surface area (Å²) in [6.45, 7) is 4.05. The van der Waals surface area contributed by atoms with E-state index in [1.807, 2.05) is 6.92 Å². The fraction of sp³-hybridized carbons (Fsp3) is 0.348. The third-order valence-electron chi connectivity index (χ3n) is 5.20. The lowest BCUT2D eigenvalue weighted by Crippen LogP contribution is -2.35. The Bertz CT molecular complexity index is 990. The van der Waals surface area contributed by atoms with Crippen molar-refractivity contribution in [1.29, 1.82) is 0 Å². The summed E-state index contributed by atoms with van der Waals surface area (Å²) in [6.07, 6.45) is 2.66. The maximum atomic E-state index is 12.3. The molecule has 2 heterocycles. The van der Waals surface area contributed by atoms with Crippen LogP contribution in [0.5, 0.6) is 0 Å². The normalized spacial score (nSPS) is 16.2. The Balaban J connectivity index is 1.58. The number of nitrogens with one attached hydrogen (secondary N) is 1. The molecule has 1 aliphatic rings. The number of aromatic nitrogens is 1. The number of hydrogen-bond donors (Lipinski definition) is 2. The molecule has 0 aliphatic carbocycles. The number of carbonyl (C=O) groups is 2. The Hall–Kier alpha value is -3.21. The monoisotopic (exact) mass is 406 g/mol. The average molecular weight is 406 g/mol. The number of carboxylic acid groups (broad SMARTS) is 1. The predicted octanol–water partition coefficient (Wildman–Crippen LogP) is 2.06. The number of benzene rings is 1. The Kier molecular flexibility index (Phi) is 6.83. The molecule has 7 nitrogen and oxygen atoms in total. The van der Waals surface area contributed by atoms with E-state index in [-0.39, 0.29) is 11.5 Å². The maximum Gasteiger partial charge on any atom is 0.335 e. The standard InChI is InChI=1S/C23H26N4O3/c1-16-4-7-19(23(29)30)12-18(16)8-5-17-6-9-21(24-13-17)25-22(28)15-27-11-10-20(14-27)26(2)3/h4,6-7,9,12-13,20H,10-11,14-15H2,1-3H3,(H,29,30)(H,24,25,28). The molecular formula is C23H26N4O3. The van der Waals surface area contributed by atoms with Crippen molar-refractivity contribution in [3.8, 4) is 11.8 Å². The summed E-state index contributed by atoms with van der Waals surface area (Å²) < 4.78 is 0. The SMILES string of the molecule is Cc1ccc(C(=O)O)cc1C#Cc1ccc(NC(=O)CN2CCC(N(C)C)C2)nc1. The van der Waals surface area contributed by atoms with E-state index in [1.165, 1.54) is 0 Å². The fourth-order valence-electron chi connectivity index (χ4n) is 3.33. The number of pyridine rings is 1. The van der Waals surface area contributed by atoms with Crippen molar-refractivity contribution >= 4 is 17.7 Å². The molecule has 0 saturated carbocycles. The van der Waals surface area contributed by atoms with Crippen molar-refractivity contribution in [2.45, 2.75) is 19.4 Å². The number of anilines is 1. The van der Waals surface area contributed by atoms with E-state index < -0.39 is 5.97 Å². The second kappa shape index (κ2) is 9.53. The minimum absolute atomic E-state index is 0.0816. The van der Waals surface area contributed by atoms with Gasteiger partial charge >= 0.3 is 5.97 Å². The van der Waals surface area contributed by atoms with Crippen LogP contribution in [0.25, 0.3) is 0 Å². The number of rotatable bonds is 5.